The quantitative estimate of drug-likeness (QED) is 0.849. The van der Waals surface area contributed by atoms with Gasteiger partial charge in [-0.2, -0.15) is 11.3 Å². The molecule has 2 rings (SSSR count). The Balaban J connectivity index is 2.07. The standard InChI is InChI=1S/C12H12O4S/c1-15-12(14)11-3-2-10(16-11)9(13)6-8-4-5-17-7-8/h2-5,7,9,13H,6H2,1H3. The lowest BCUT2D eigenvalue weighted by Gasteiger charge is -2.05. The van der Waals surface area contributed by atoms with E-state index in [1.54, 1.807) is 17.4 Å². The third kappa shape index (κ3) is 2.75. The van der Waals surface area contributed by atoms with Gasteiger partial charge in [-0.15, -0.1) is 0 Å². The predicted octanol–water partition coefficient (Wildman–Crippen LogP) is 2.40. The van der Waals surface area contributed by atoms with Gasteiger partial charge in [0.1, 0.15) is 11.9 Å². The molecule has 5 heteroatoms. The average molecular weight is 252 g/mol. The molecule has 1 atom stereocenters. The Labute approximate surface area is 102 Å². The molecule has 0 radical (unpaired) electrons. The molecule has 0 aliphatic carbocycles. The third-order valence-electron chi connectivity index (χ3n) is 2.35. The van der Waals surface area contributed by atoms with Gasteiger partial charge in [-0.05, 0) is 34.5 Å². The lowest BCUT2D eigenvalue weighted by molar-refractivity contribution is 0.0555. The first-order valence-corrected chi connectivity index (χ1v) is 6.02. The fraction of sp³-hybridized carbons (Fsp3) is 0.250. The fourth-order valence-corrected chi connectivity index (χ4v) is 2.16. The number of carbonyl (C=O) groups is 1. The van der Waals surface area contributed by atoms with Gasteiger partial charge in [-0.1, -0.05) is 0 Å². The first kappa shape index (κ1) is 11.9. The zero-order valence-corrected chi connectivity index (χ0v) is 10.1. The number of furan rings is 1. The lowest BCUT2D eigenvalue weighted by Crippen LogP contribution is -2.01. The van der Waals surface area contributed by atoms with Crippen molar-refractivity contribution in [3.05, 3.63) is 46.0 Å². The molecule has 0 amide bonds. The number of hydrogen-bond donors (Lipinski definition) is 1. The SMILES string of the molecule is COC(=O)c1ccc(C(O)Cc2ccsc2)o1. The minimum atomic E-state index is -0.747. The van der Waals surface area contributed by atoms with Gasteiger partial charge in [0, 0.05) is 6.42 Å². The molecule has 0 fully saturated rings. The maximum absolute atomic E-state index is 11.2. The topological polar surface area (TPSA) is 59.7 Å². The molecule has 0 bridgehead atoms. The summed E-state index contributed by atoms with van der Waals surface area (Å²) < 4.78 is 9.75. The number of carbonyl (C=O) groups excluding carboxylic acids is 1. The van der Waals surface area contributed by atoms with E-state index in [4.69, 9.17) is 4.42 Å². The first-order chi connectivity index (χ1) is 8.20. The summed E-state index contributed by atoms with van der Waals surface area (Å²) in [5.74, 6) is -0.0672. The molecule has 0 aromatic carbocycles. The molecule has 0 aliphatic heterocycles. The number of rotatable bonds is 4. The van der Waals surface area contributed by atoms with Crippen molar-refractivity contribution in [3.63, 3.8) is 0 Å². The van der Waals surface area contributed by atoms with Crippen LogP contribution in [0.25, 0.3) is 0 Å². The highest BCUT2D eigenvalue weighted by atomic mass is 32.1. The Morgan fingerprint density at radius 1 is 1.53 bits per heavy atom. The van der Waals surface area contributed by atoms with E-state index in [9.17, 15) is 9.90 Å². The number of esters is 1. The van der Waals surface area contributed by atoms with Crippen molar-refractivity contribution < 1.29 is 19.1 Å². The van der Waals surface area contributed by atoms with Gasteiger partial charge < -0.3 is 14.3 Å². The first-order valence-electron chi connectivity index (χ1n) is 5.08. The van der Waals surface area contributed by atoms with Crippen molar-refractivity contribution in [1.82, 2.24) is 0 Å². The second-order valence-corrected chi connectivity index (χ2v) is 4.33. The average Bonchev–Trinajstić information content (AvgIpc) is 2.98. The monoisotopic (exact) mass is 252 g/mol. The van der Waals surface area contributed by atoms with Crippen LogP contribution in [0.2, 0.25) is 0 Å². The number of thiophene rings is 1. The molecule has 0 saturated heterocycles. The Morgan fingerprint density at radius 2 is 2.35 bits per heavy atom. The van der Waals surface area contributed by atoms with Gasteiger partial charge in [0.25, 0.3) is 0 Å². The normalized spacial score (nSPS) is 12.4. The van der Waals surface area contributed by atoms with Crippen molar-refractivity contribution in [3.8, 4) is 0 Å². The third-order valence-corrected chi connectivity index (χ3v) is 3.08. The van der Waals surface area contributed by atoms with Crippen LogP contribution in [-0.2, 0) is 11.2 Å². The molecular formula is C12H12O4S. The van der Waals surface area contributed by atoms with Crippen LogP contribution in [-0.4, -0.2) is 18.2 Å². The van der Waals surface area contributed by atoms with Crippen molar-refractivity contribution >= 4 is 17.3 Å². The van der Waals surface area contributed by atoms with Crippen molar-refractivity contribution in [2.75, 3.05) is 7.11 Å². The fourth-order valence-electron chi connectivity index (χ4n) is 1.47. The van der Waals surface area contributed by atoms with Gasteiger partial charge in [0.2, 0.25) is 5.76 Å². The highest BCUT2D eigenvalue weighted by Crippen LogP contribution is 2.22. The number of ether oxygens (including phenoxy) is 1. The van der Waals surface area contributed by atoms with E-state index in [2.05, 4.69) is 4.74 Å². The summed E-state index contributed by atoms with van der Waals surface area (Å²) in [5.41, 5.74) is 1.04. The van der Waals surface area contributed by atoms with Gasteiger partial charge in [0.15, 0.2) is 0 Å². The number of aliphatic hydroxyl groups is 1. The van der Waals surface area contributed by atoms with E-state index in [0.29, 0.717) is 12.2 Å². The van der Waals surface area contributed by atoms with Crippen LogP contribution in [0.5, 0.6) is 0 Å². The van der Waals surface area contributed by atoms with E-state index < -0.39 is 12.1 Å². The van der Waals surface area contributed by atoms with Crippen LogP contribution < -0.4 is 0 Å². The van der Waals surface area contributed by atoms with Gasteiger partial charge >= 0.3 is 5.97 Å². The summed E-state index contributed by atoms with van der Waals surface area (Å²) >= 11 is 1.57. The molecule has 17 heavy (non-hydrogen) atoms. The highest BCUT2D eigenvalue weighted by Gasteiger charge is 2.17. The van der Waals surface area contributed by atoms with Crippen LogP contribution >= 0.6 is 11.3 Å². The molecule has 2 aromatic rings. The molecule has 0 spiro atoms. The Bertz CT molecular complexity index is 486. The van der Waals surface area contributed by atoms with Crippen LogP contribution in [0, 0.1) is 0 Å². The summed E-state index contributed by atoms with van der Waals surface area (Å²) in [6.45, 7) is 0. The zero-order valence-electron chi connectivity index (χ0n) is 9.25. The molecule has 2 heterocycles. The number of methoxy groups -OCH3 is 1. The smallest absolute Gasteiger partial charge is 0.373 e. The maximum Gasteiger partial charge on any atom is 0.373 e. The molecule has 4 nitrogen and oxygen atoms in total. The maximum atomic E-state index is 11.2. The van der Waals surface area contributed by atoms with Crippen molar-refractivity contribution in [2.24, 2.45) is 0 Å². The number of aliphatic hydroxyl groups excluding tert-OH is 1. The van der Waals surface area contributed by atoms with E-state index in [1.807, 2.05) is 16.8 Å². The molecule has 90 valence electrons. The van der Waals surface area contributed by atoms with Crippen LogP contribution in [0.4, 0.5) is 0 Å². The molecule has 2 aromatic heterocycles. The van der Waals surface area contributed by atoms with E-state index >= 15 is 0 Å². The summed E-state index contributed by atoms with van der Waals surface area (Å²) in [4.78, 5) is 11.2. The van der Waals surface area contributed by atoms with E-state index in [0.717, 1.165) is 5.56 Å². The van der Waals surface area contributed by atoms with Crippen molar-refractivity contribution in [1.29, 1.82) is 0 Å². The molecule has 0 aliphatic rings. The van der Waals surface area contributed by atoms with Crippen LogP contribution in [0.1, 0.15) is 28.0 Å². The summed E-state index contributed by atoms with van der Waals surface area (Å²) in [7, 11) is 1.28. The van der Waals surface area contributed by atoms with Gasteiger partial charge in [-0.25, -0.2) is 4.79 Å². The largest absolute Gasteiger partial charge is 0.463 e. The van der Waals surface area contributed by atoms with Crippen LogP contribution in [0.15, 0.2) is 33.4 Å². The van der Waals surface area contributed by atoms with E-state index in [1.165, 1.54) is 13.2 Å². The van der Waals surface area contributed by atoms with Gasteiger partial charge in [-0.3, -0.25) is 0 Å². The summed E-state index contributed by atoms with van der Waals surface area (Å²) in [5, 5.41) is 13.8. The minimum Gasteiger partial charge on any atom is -0.463 e. The van der Waals surface area contributed by atoms with Crippen LogP contribution in [0.3, 0.4) is 0 Å². The zero-order chi connectivity index (χ0) is 12.3. The minimum absolute atomic E-state index is 0.104. The number of hydrogen-bond acceptors (Lipinski definition) is 5. The Morgan fingerprint density at radius 3 is 3.00 bits per heavy atom. The predicted molar refractivity (Wildman–Crippen MR) is 63.0 cm³/mol. The highest BCUT2D eigenvalue weighted by molar-refractivity contribution is 7.07. The summed E-state index contributed by atoms with van der Waals surface area (Å²) in [6.07, 6.45) is -0.277. The van der Waals surface area contributed by atoms with E-state index in [-0.39, 0.29) is 5.76 Å². The molecule has 0 saturated carbocycles. The van der Waals surface area contributed by atoms with Gasteiger partial charge in [0.05, 0.1) is 7.11 Å². The Hall–Kier alpha value is -1.59. The molecule has 1 unspecified atom stereocenters. The molecule has 1 N–H and O–H groups in total. The van der Waals surface area contributed by atoms with Crippen molar-refractivity contribution in [2.45, 2.75) is 12.5 Å². The second-order valence-electron chi connectivity index (χ2n) is 3.55. The Kier molecular flexibility index (Phi) is 3.61. The second kappa shape index (κ2) is 5.16. The summed E-state index contributed by atoms with van der Waals surface area (Å²) in [6, 6.07) is 5.03. The molecular weight excluding hydrogens is 240 g/mol. The lowest BCUT2D eigenvalue weighted by atomic mass is 10.1.